The Morgan fingerprint density at radius 1 is 0.583 bits per heavy atom. The predicted molar refractivity (Wildman–Crippen MR) is 140 cm³/mol. The number of hydrogen-bond acceptors (Lipinski definition) is 15. The second-order valence-electron chi connectivity index (χ2n) is 8.83. The van der Waals surface area contributed by atoms with Crippen LogP contribution in [0.3, 0.4) is 0 Å². The van der Waals surface area contributed by atoms with Crippen molar-refractivity contribution in [1.29, 1.82) is 0 Å². The molecule has 15 nitrogen and oxygen atoms in total. The summed E-state index contributed by atoms with van der Waals surface area (Å²) in [7, 11) is 12.2. The van der Waals surface area contributed by atoms with Crippen LogP contribution >= 0.6 is 35.3 Å². The second-order valence-corrected chi connectivity index (χ2v) is 12.1. The Kier molecular flexibility index (Phi) is 11.8. The zero-order valence-electron chi connectivity index (χ0n) is 21.7. The summed E-state index contributed by atoms with van der Waals surface area (Å²) in [5.41, 5.74) is 0. The fraction of sp³-hybridized carbons (Fsp3) is 0.833. The van der Waals surface area contributed by atoms with Gasteiger partial charge in [-0.15, -0.1) is 15.3 Å². The molecule has 0 saturated heterocycles. The highest BCUT2D eigenvalue weighted by atomic mass is 32.2. The van der Waals surface area contributed by atoms with Crippen LogP contribution in [0.4, 0.5) is 0 Å². The first-order valence-corrected chi connectivity index (χ1v) is 14.3. The first kappa shape index (κ1) is 28.7. The third kappa shape index (κ3) is 9.55. The highest BCUT2D eigenvalue weighted by Crippen LogP contribution is 2.30. The molecule has 0 radical (unpaired) electrons. The quantitative estimate of drug-likeness (QED) is 0.194. The third-order valence-electron chi connectivity index (χ3n) is 4.84. The van der Waals surface area contributed by atoms with Gasteiger partial charge in [0.25, 0.3) is 0 Å². The maximum atomic E-state index is 4.28. The molecule has 0 aliphatic rings. The Morgan fingerprint density at radius 3 is 1.33 bits per heavy atom. The van der Waals surface area contributed by atoms with Gasteiger partial charge in [0.05, 0.1) is 19.6 Å². The summed E-state index contributed by atoms with van der Waals surface area (Å²) in [5.74, 6) is 1.56. The van der Waals surface area contributed by atoms with Gasteiger partial charge in [-0.3, -0.25) is 0 Å². The predicted octanol–water partition coefficient (Wildman–Crippen LogP) is -0.624. The molecule has 0 aliphatic heterocycles. The molecule has 0 unspecified atom stereocenters. The smallest absolute Gasteiger partial charge is 0.209 e. The fourth-order valence-corrected chi connectivity index (χ4v) is 6.17. The van der Waals surface area contributed by atoms with E-state index in [1.54, 1.807) is 35.3 Å². The van der Waals surface area contributed by atoms with E-state index in [1.807, 2.05) is 56.3 Å². The van der Waals surface area contributed by atoms with Crippen LogP contribution in [0.15, 0.2) is 15.5 Å². The minimum Gasteiger partial charge on any atom is -0.308 e. The van der Waals surface area contributed by atoms with Crippen LogP contribution in [-0.4, -0.2) is 154 Å². The lowest BCUT2D eigenvalue weighted by Gasteiger charge is -2.16. The molecule has 3 heterocycles. The molecule has 3 aromatic heterocycles. The van der Waals surface area contributed by atoms with Crippen LogP contribution in [0.25, 0.3) is 0 Å². The SMILES string of the molecule is CN(C)CCn1nnnc1SCC(CSc1nnnn1CCN(C)C)Sc1nnnn1CCN(C)C. The molecule has 0 saturated carbocycles. The minimum atomic E-state index is 0.169. The summed E-state index contributed by atoms with van der Waals surface area (Å²) in [6, 6.07) is 0. The van der Waals surface area contributed by atoms with Gasteiger partial charge in [0.15, 0.2) is 0 Å². The summed E-state index contributed by atoms with van der Waals surface area (Å²) in [5, 5.41) is 39.5. The summed E-state index contributed by atoms with van der Waals surface area (Å²) >= 11 is 4.94. The van der Waals surface area contributed by atoms with Crippen LogP contribution in [-0.2, 0) is 19.6 Å². The fourth-order valence-electron chi connectivity index (χ4n) is 2.79. The zero-order valence-corrected chi connectivity index (χ0v) is 24.1. The van der Waals surface area contributed by atoms with Crippen LogP contribution < -0.4 is 0 Å². The maximum Gasteiger partial charge on any atom is 0.209 e. The monoisotopic (exact) mass is 557 g/mol. The molecule has 0 fully saturated rings. The molecule has 0 bridgehead atoms. The van der Waals surface area contributed by atoms with E-state index in [0.717, 1.165) is 66.2 Å². The van der Waals surface area contributed by atoms with Crippen LogP contribution in [0.1, 0.15) is 0 Å². The van der Waals surface area contributed by atoms with Crippen molar-refractivity contribution in [2.45, 2.75) is 40.4 Å². The van der Waals surface area contributed by atoms with Crippen LogP contribution in [0, 0.1) is 0 Å². The van der Waals surface area contributed by atoms with Gasteiger partial charge in [-0.25, -0.2) is 14.0 Å². The van der Waals surface area contributed by atoms with Gasteiger partial charge in [-0.05, 0) is 73.6 Å². The van der Waals surface area contributed by atoms with Crippen molar-refractivity contribution < 1.29 is 0 Å². The summed E-state index contributed by atoms with van der Waals surface area (Å²) in [6.45, 7) is 4.78. The van der Waals surface area contributed by atoms with Crippen molar-refractivity contribution in [3.63, 3.8) is 0 Å². The van der Waals surface area contributed by atoms with Crippen LogP contribution in [0.5, 0.6) is 0 Å². The van der Waals surface area contributed by atoms with E-state index < -0.39 is 0 Å². The van der Waals surface area contributed by atoms with E-state index in [-0.39, 0.29) is 5.25 Å². The average Bonchev–Trinajstić information content (AvgIpc) is 3.57. The van der Waals surface area contributed by atoms with Crippen molar-refractivity contribution in [1.82, 2.24) is 75.3 Å². The molecule has 36 heavy (non-hydrogen) atoms. The van der Waals surface area contributed by atoms with Gasteiger partial charge in [0.2, 0.25) is 15.5 Å². The Bertz CT molecular complexity index is 963. The maximum absolute atomic E-state index is 4.28. The highest BCUT2D eigenvalue weighted by Gasteiger charge is 2.20. The van der Waals surface area contributed by atoms with E-state index in [0.29, 0.717) is 0 Å². The molecular formula is C18H35N15S3. The number of likely N-dealkylation sites (N-methyl/N-ethyl adjacent to an activating group) is 3. The molecule has 0 atom stereocenters. The molecule has 18 heteroatoms. The zero-order chi connectivity index (χ0) is 25.9. The molecule has 0 aromatic carbocycles. The number of thioether (sulfide) groups is 3. The Balaban J connectivity index is 1.67. The summed E-state index contributed by atoms with van der Waals surface area (Å²) in [4.78, 5) is 6.33. The topological polar surface area (TPSA) is 141 Å². The average molecular weight is 558 g/mol. The number of nitrogens with zero attached hydrogens (tertiary/aromatic N) is 15. The Morgan fingerprint density at radius 2 is 0.944 bits per heavy atom. The van der Waals surface area contributed by atoms with Crippen molar-refractivity contribution in [2.24, 2.45) is 0 Å². The number of tetrazole rings is 3. The van der Waals surface area contributed by atoms with Gasteiger partial charge >= 0.3 is 0 Å². The van der Waals surface area contributed by atoms with E-state index in [9.17, 15) is 0 Å². The minimum absolute atomic E-state index is 0.169. The summed E-state index contributed by atoms with van der Waals surface area (Å²) < 4.78 is 5.56. The lowest BCUT2D eigenvalue weighted by atomic mass is 10.5. The first-order valence-electron chi connectivity index (χ1n) is 11.5. The summed E-state index contributed by atoms with van der Waals surface area (Å²) in [6.07, 6.45) is 0. The van der Waals surface area contributed by atoms with Crippen molar-refractivity contribution in [3.05, 3.63) is 0 Å². The molecule has 0 spiro atoms. The van der Waals surface area contributed by atoms with Crippen LogP contribution in [0.2, 0.25) is 0 Å². The Hall–Kier alpha value is -1.86. The lowest BCUT2D eigenvalue weighted by molar-refractivity contribution is 0.361. The highest BCUT2D eigenvalue weighted by molar-refractivity contribution is 8.05. The molecule has 0 amide bonds. The van der Waals surface area contributed by atoms with Gasteiger partial charge in [0, 0.05) is 36.4 Å². The normalized spacial score (nSPS) is 12.2. The molecule has 0 aliphatic carbocycles. The van der Waals surface area contributed by atoms with E-state index in [1.165, 1.54) is 0 Å². The van der Waals surface area contributed by atoms with Gasteiger partial charge < -0.3 is 14.7 Å². The molecule has 200 valence electrons. The van der Waals surface area contributed by atoms with Gasteiger partial charge in [0.1, 0.15) is 0 Å². The third-order valence-corrected chi connectivity index (χ3v) is 8.67. The molecular weight excluding hydrogens is 523 g/mol. The second kappa shape index (κ2) is 14.8. The van der Waals surface area contributed by atoms with E-state index in [2.05, 4.69) is 61.3 Å². The molecule has 3 aromatic rings. The van der Waals surface area contributed by atoms with Crippen molar-refractivity contribution in [2.75, 3.05) is 73.4 Å². The standard InChI is InChI=1S/C18H35N15S3/c1-28(2)7-10-31-16(19-22-25-31)34-13-15(36-18-21-24-27-33(18)12-9-30(5)6)14-35-17-20-23-26-32(17)11-8-29(3)4/h15H,7-14H2,1-6H3. The van der Waals surface area contributed by atoms with Crippen molar-refractivity contribution >= 4 is 35.3 Å². The van der Waals surface area contributed by atoms with E-state index >= 15 is 0 Å². The lowest BCUT2D eigenvalue weighted by Crippen LogP contribution is -2.21. The largest absolute Gasteiger partial charge is 0.308 e. The van der Waals surface area contributed by atoms with Gasteiger partial charge in [-0.2, -0.15) is 0 Å². The number of hydrogen-bond donors (Lipinski definition) is 0. The Labute approximate surface area is 224 Å². The van der Waals surface area contributed by atoms with Crippen molar-refractivity contribution in [3.8, 4) is 0 Å². The number of rotatable bonds is 17. The van der Waals surface area contributed by atoms with Gasteiger partial charge in [-0.1, -0.05) is 35.3 Å². The molecule has 0 N–H and O–H groups in total. The number of aromatic nitrogens is 12. The first-order chi connectivity index (χ1) is 17.3. The van der Waals surface area contributed by atoms with E-state index in [4.69, 9.17) is 0 Å². The molecule has 3 rings (SSSR count).